The minimum absolute atomic E-state index is 0.0451. The molecule has 0 spiro atoms. The number of hydrogen-bond acceptors (Lipinski definition) is 8. The van der Waals surface area contributed by atoms with Crippen LogP contribution in [0.4, 0.5) is 17.1 Å². The van der Waals surface area contributed by atoms with Gasteiger partial charge in [-0.15, -0.1) is 0 Å². The van der Waals surface area contributed by atoms with Gasteiger partial charge >= 0.3 is 11.9 Å². The Balaban J connectivity index is 1.75. The lowest BCUT2D eigenvalue weighted by Gasteiger charge is -2.26. The zero-order chi connectivity index (χ0) is 34.8. The Morgan fingerprint density at radius 3 is 1.17 bits per heavy atom. The molecule has 0 aliphatic heterocycles. The Hall–Kier alpha value is -5.37. The van der Waals surface area contributed by atoms with Crippen LogP contribution in [0.5, 0.6) is 0 Å². The van der Waals surface area contributed by atoms with Crippen LogP contribution < -0.4 is 4.90 Å². The van der Waals surface area contributed by atoms with E-state index in [-0.39, 0.29) is 5.78 Å². The van der Waals surface area contributed by atoms with Gasteiger partial charge in [-0.2, -0.15) is 0 Å². The summed E-state index contributed by atoms with van der Waals surface area (Å²) in [6.07, 6.45) is 1.28. The fourth-order valence-corrected chi connectivity index (χ4v) is 5.11. The van der Waals surface area contributed by atoms with Crippen LogP contribution in [0.3, 0.4) is 0 Å². The molecular weight excluding hydrogens is 602 g/mol. The van der Waals surface area contributed by atoms with E-state index in [2.05, 4.69) is 42.9 Å². The molecule has 0 radical (unpaired) electrons. The summed E-state index contributed by atoms with van der Waals surface area (Å²) in [6.45, 7) is 13.0. The third-order valence-electron chi connectivity index (χ3n) is 7.39. The maximum absolute atomic E-state index is 13.2. The first-order chi connectivity index (χ1) is 22.9. The summed E-state index contributed by atoms with van der Waals surface area (Å²) in [6, 6.07) is 30.9. The molecule has 0 heterocycles. The fourth-order valence-electron chi connectivity index (χ4n) is 5.11. The zero-order valence-electron chi connectivity index (χ0n) is 28.7. The topological polar surface area (TPSA) is 97.6 Å². The van der Waals surface area contributed by atoms with Gasteiger partial charge in [-0.05, 0) is 91.3 Å². The molecule has 4 rings (SSSR count). The molecule has 0 aromatic heterocycles. The summed E-state index contributed by atoms with van der Waals surface area (Å²) in [5.74, 6) is -0.376. The normalized spacial score (nSPS) is 11.9. The number of aryl methyl sites for hydroxylation is 1. The molecule has 0 fully saturated rings. The number of ketones is 1. The molecule has 0 N–H and O–H groups in total. The van der Waals surface area contributed by atoms with Crippen LogP contribution in [0.15, 0.2) is 107 Å². The number of carbonyl (C=O) groups excluding carboxylic acids is 3. The van der Waals surface area contributed by atoms with Crippen molar-refractivity contribution in [2.45, 2.75) is 61.3 Å². The van der Waals surface area contributed by atoms with Crippen molar-refractivity contribution in [1.29, 1.82) is 0 Å². The fraction of sp³-hybridized carbons (Fsp3) is 0.275. The summed E-state index contributed by atoms with van der Waals surface area (Å²) in [4.78, 5) is 48.3. The van der Waals surface area contributed by atoms with Crippen LogP contribution in [-0.4, -0.2) is 29.1 Å². The minimum atomic E-state index is -0.471. The highest BCUT2D eigenvalue weighted by Crippen LogP contribution is 2.35. The molecular formula is C40H43N3O5. The van der Waals surface area contributed by atoms with Gasteiger partial charge in [-0.1, -0.05) is 92.1 Å². The van der Waals surface area contributed by atoms with Crippen molar-refractivity contribution in [1.82, 2.24) is 0 Å². The van der Waals surface area contributed by atoms with Crippen molar-refractivity contribution in [2.75, 3.05) is 4.90 Å². The number of nitrogens with zero attached hydrogens (tertiary/aromatic N) is 3. The van der Waals surface area contributed by atoms with E-state index in [0.29, 0.717) is 47.2 Å². The van der Waals surface area contributed by atoms with Gasteiger partial charge in [0.25, 0.3) is 0 Å². The molecule has 0 atom stereocenters. The molecule has 0 unspecified atom stereocenters. The first-order valence-corrected chi connectivity index (χ1v) is 16.1. The second-order valence-corrected chi connectivity index (χ2v) is 12.6. The van der Waals surface area contributed by atoms with E-state index in [1.54, 1.807) is 0 Å². The number of hydrogen-bond donors (Lipinski definition) is 0. The van der Waals surface area contributed by atoms with Gasteiger partial charge in [0.05, 0.1) is 11.4 Å². The Kier molecular flexibility index (Phi) is 12.2. The predicted molar refractivity (Wildman–Crippen MR) is 191 cm³/mol. The molecule has 4 aromatic rings. The Bertz CT molecular complexity index is 1690. The van der Waals surface area contributed by atoms with Gasteiger partial charge in [0.2, 0.25) is 0 Å². The number of rotatable bonds is 13. The average Bonchev–Trinajstić information content (AvgIpc) is 3.06. The molecule has 0 aliphatic rings. The maximum Gasteiger partial charge on any atom is 0.331 e. The number of benzene rings is 4. The Morgan fingerprint density at radius 1 is 0.542 bits per heavy atom. The lowest BCUT2D eigenvalue weighted by atomic mass is 9.99. The van der Waals surface area contributed by atoms with Gasteiger partial charge < -0.3 is 14.6 Å². The van der Waals surface area contributed by atoms with Crippen LogP contribution in [0.25, 0.3) is 0 Å². The summed E-state index contributed by atoms with van der Waals surface area (Å²) < 4.78 is 0. The van der Waals surface area contributed by atoms with Crippen molar-refractivity contribution < 1.29 is 24.1 Å². The van der Waals surface area contributed by atoms with Crippen LogP contribution in [0, 0.1) is 18.8 Å². The maximum atomic E-state index is 13.2. The summed E-state index contributed by atoms with van der Waals surface area (Å²) in [5, 5.41) is 8.26. The first kappa shape index (κ1) is 35.5. The van der Waals surface area contributed by atoms with Crippen LogP contribution in [0.2, 0.25) is 0 Å². The SMILES string of the molecule is CC(=O)O/N=C(/CC(C)C)c1ccc(N(c2ccc(C(=O)c3ccc(C)cc3)cc2)c2ccc(/C(CC(C)C)=N/OC(C)=O)cc2)cc1. The van der Waals surface area contributed by atoms with Crippen molar-refractivity contribution in [3.63, 3.8) is 0 Å². The molecule has 248 valence electrons. The van der Waals surface area contributed by atoms with E-state index < -0.39 is 11.9 Å². The predicted octanol–water partition coefficient (Wildman–Crippen LogP) is 9.32. The average molecular weight is 646 g/mol. The summed E-state index contributed by atoms with van der Waals surface area (Å²) >= 11 is 0. The molecule has 0 bridgehead atoms. The van der Waals surface area contributed by atoms with E-state index in [1.165, 1.54) is 13.8 Å². The van der Waals surface area contributed by atoms with Gasteiger partial charge in [-0.25, -0.2) is 9.59 Å². The summed E-state index contributed by atoms with van der Waals surface area (Å²) in [5.41, 5.74) is 7.99. The Labute approximate surface area is 283 Å². The number of carbonyl (C=O) groups is 3. The van der Waals surface area contributed by atoms with Crippen LogP contribution in [0.1, 0.15) is 87.0 Å². The van der Waals surface area contributed by atoms with Gasteiger partial charge in [0, 0.05) is 42.0 Å². The lowest BCUT2D eigenvalue weighted by molar-refractivity contribution is -0.141. The van der Waals surface area contributed by atoms with E-state index in [9.17, 15) is 14.4 Å². The van der Waals surface area contributed by atoms with Crippen LogP contribution >= 0.6 is 0 Å². The van der Waals surface area contributed by atoms with Gasteiger partial charge in [0.15, 0.2) is 5.78 Å². The van der Waals surface area contributed by atoms with E-state index >= 15 is 0 Å². The van der Waals surface area contributed by atoms with Gasteiger partial charge in [0.1, 0.15) is 0 Å². The third-order valence-corrected chi connectivity index (χ3v) is 7.39. The van der Waals surface area contributed by atoms with Crippen molar-refractivity contribution in [2.24, 2.45) is 22.1 Å². The number of anilines is 3. The smallest absolute Gasteiger partial charge is 0.318 e. The quantitative estimate of drug-likeness (QED) is 0.0622. The molecule has 4 aromatic carbocycles. The van der Waals surface area contributed by atoms with E-state index in [0.717, 1.165) is 33.8 Å². The van der Waals surface area contributed by atoms with E-state index in [1.807, 2.05) is 104 Å². The third kappa shape index (κ3) is 9.82. The van der Waals surface area contributed by atoms with Crippen LogP contribution in [-0.2, 0) is 19.3 Å². The Morgan fingerprint density at radius 2 is 0.854 bits per heavy atom. The summed E-state index contributed by atoms with van der Waals surface area (Å²) in [7, 11) is 0. The first-order valence-electron chi connectivity index (χ1n) is 16.1. The second-order valence-electron chi connectivity index (χ2n) is 12.6. The zero-order valence-corrected chi connectivity index (χ0v) is 28.7. The molecule has 0 saturated heterocycles. The van der Waals surface area contributed by atoms with E-state index in [4.69, 9.17) is 9.68 Å². The minimum Gasteiger partial charge on any atom is -0.318 e. The molecule has 0 saturated carbocycles. The second kappa shape index (κ2) is 16.5. The van der Waals surface area contributed by atoms with Crippen molar-refractivity contribution >= 4 is 46.2 Å². The molecule has 8 heteroatoms. The number of oxime groups is 2. The molecule has 0 amide bonds. The van der Waals surface area contributed by atoms with Gasteiger partial charge in [-0.3, -0.25) is 4.79 Å². The molecule has 48 heavy (non-hydrogen) atoms. The highest BCUT2D eigenvalue weighted by molar-refractivity contribution is 6.09. The molecule has 0 aliphatic carbocycles. The molecule has 8 nitrogen and oxygen atoms in total. The highest BCUT2D eigenvalue weighted by atomic mass is 16.7. The standard InChI is InChI=1S/C40H43N3O5/c1-26(2)24-38(41-47-29(6)44)31-12-18-35(19-13-31)43(36-20-14-32(15-21-36)39(25-27(3)4)42-48-30(7)45)37-22-16-34(17-23-37)40(46)33-10-8-28(5)9-11-33/h8-23,26-27H,24-25H2,1-7H3/b41-38-,42-39+. The van der Waals surface area contributed by atoms with Crippen molar-refractivity contribution in [3.8, 4) is 0 Å². The highest BCUT2D eigenvalue weighted by Gasteiger charge is 2.17. The largest absolute Gasteiger partial charge is 0.331 e. The monoisotopic (exact) mass is 645 g/mol. The lowest BCUT2D eigenvalue weighted by Crippen LogP contribution is -2.12. The van der Waals surface area contributed by atoms with Crippen molar-refractivity contribution in [3.05, 3.63) is 125 Å².